The highest BCUT2D eigenvalue weighted by Gasteiger charge is 2.53. The Hall–Kier alpha value is -1.04. The molecule has 5 heteroatoms. The fourth-order valence-electron chi connectivity index (χ4n) is 2.33. The van der Waals surface area contributed by atoms with Crippen LogP contribution in [0.4, 0.5) is 0 Å². The van der Waals surface area contributed by atoms with Gasteiger partial charge in [-0.3, -0.25) is 0 Å². The normalized spacial score (nSPS) is 21.9. The maximum Gasteiger partial charge on any atom is 0.480 e. The summed E-state index contributed by atoms with van der Waals surface area (Å²) in [7, 11) is 1.22. The van der Waals surface area contributed by atoms with Crippen LogP contribution in [0.5, 0.6) is 5.75 Å². The molecular formula is C15H24BNO3. The zero-order valence-electron chi connectivity index (χ0n) is 13.2. The molecule has 110 valence electrons. The topological polar surface area (TPSA) is 53.7 Å². The monoisotopic (exact) mass is 277 g/mol. The lowest BCUT2D eigenvalue weighted by Gasteiger charge is -2.32. The standard InChI is InChI=1S/C15H24BNO3/c1-10-9-11(18-6)7-8-12(10)13(17)16-19-14(2,3)15(4,5)20-16/h7-9,13H,17H2,1-6H3/t13-/m0/s1. The average Bonchev–Trinajstić information content (AvgIpc) is 2.57. The molecule has 1 saturated heterocycles. The van der Waals surface area contributed by atoms with Crippen LogP contribution < -0.4 is 10.5 Å². The van der Waals surface area contributed by atoms with Crippen molar-refractivity contribution in [2.75, 3.05) is 7.11 Å². The van der Waals surface area contributed by atoms with Gasteiger partial charge in [-0.25, -0.2) is 0 Å². The first-order chi connectivity index (χ1) is 9.18. The SMILES string of the molecule is COc1ccc([C@H](N)B2OC(C)(C)C(C)(C)O2)c(C)c1. The second-order valence-electron chi connectivity index (χ2n) is 6.37. The lowest BCUT2D eigenvalue weighted by molar-refractivity contribution is 0.00578. The number of benzene rings is 1. The Morgan fingerprint density at radius 3 is 2.15 bits per heavy atom. The molecule has 1 atom stereocenters. The predicted octanol–water partition coefficient (Wildman–Crippen LogP) is 2.63. The Labute approximate surface area is 121 Å². The smallest absolute Gasteiger partial charge is 0.480 e. The van der Waals surface area contributed by atoms with Gasteiger partial charge in [0.1, 0.15) is 5.75 Å². The molecule has 0 amide bonds. The third-order valence-electron chi connectivity index (χ3n) is 4.40. The number of hydrogen-bond donors (Lipinski definition) is 1. The maximum atomic E-state index is 6.34. The molecular weight excluding hydrogens is 253 g/mol. The van der Waals surface area contributed by atoms with Gasteiger partial charge in [0.05, 0.1) is 24.3 Å². The second kappa shape index (κ2) is 5.06. The van der Waals surface area contributed by atoms with Gasteiger partial charge in [0.2, 0.25) is 0 Å². The highest BCUT2D eigenvalue weighted by atomic mass is 16.7. The quantitative estimate of drug-likeness (QED) is 0.863. The molecule has 2 N–H and O–H groups in total. The van der Waals surface area contributed by atoms with Crippen LogP contribution in [0, 0.1) is 6.92 Å². The molecule has 1 aliphatic rings. The zero-order chi connectivity index (χ0) is 15.1. The van der Waals surface area contributed by atoms with Gasteiger partial charge in [-0.1, -0.05) is 6.07 Å². The number of methoxy groups -OCH3 is 1. The lowest BCUT2D eigenvalue weighted by atomic mass is 9.73. The molecule has 0 radical (unpaired) electrons. The van der Waals surface area contributed by atoms with Crippen molar-refractivity contribution in [3.05, 3.63) is 29.3 Å². The summed E-state index contributed by atoms with van der Waals surface area (Å²) in [6, 6.07) is 5.86. The summed E-state index contributed by atoms with van der Waals surface area (Å²) in [6.07, 6.45) is 0. The summed E-state index contributed by atoms with van der Waals surface area (Å²) in [5.41, 5.74) is 7.71. The first kappa shape index (κ1) is 15.4. The van der Waals surface area contributed by atoms with E-state index in [2.05, 4.69) is 0 Å². The molecule has 0 bridgehead atoms. The van der Waals surface area contributed by atoms with Crippen molar-refractivity contribution in [1.29, 1.82) is 0 Å². The minimum atomic E-state index is -0.438. The highest BCUT2D eigenvalue weighted by Crippen LogP contribution is 2.40. The predicted molar refractivity (Wildman–Crippen MR) is 80.7 cm³/mol. The van der Waals surface area contributed by atoms with E-state index in [-0.39, 0.29) is 17.1 Å². The molecule has 0 aliphatic carbocycles. The molecule has 0 unspecified atom stereocenters. The molecule has 1 aromatic rings. The van der Waals surface area contributed by atoms with E-state index < -0.39 is 7.12 Å². The molecule has 1 aliphatic heterocycles. The van der Waals surface area contributed by atoms with E-state index in [1.165, 1.54) is 0 Å². The van der Waals surface area contributed by atoms with Gasteiger partial charge in [-0.05, 0) is 57.9 Å². The molecule has 0 spiro atoms. The van der Waals surface area contributed by atoms with Crippen molar-refractivity contribution in [3.63, 3.8) is 0 Å². The molecule has 0 saturated carbocycles. The summed E-state index contributed by atoms with van der Waals surface area (Å²) < 4.78 is 17.2. The van der Waals surface area contributed by atoms with Crippen molar-refractivity contribution < 1.29 is 14.0 Å². The third-order valence-corrected chi connectivity index (χ3v) is 4.40. The third kappa shape index (κ3) is 2.58. The van der Waals surface area contributed by atoms with Crippen molar-refractivity contribution in [2.45, 2.75) is 51.8 Å². The highest BCUT2D eigenvalue weighted by molar-refractivity contribution is 6.47. The van der Waals surface area contributed by atoms with Gasteiger partial charge < -0.3 is 19.8 Å². The Morgan fingerprint density at radius 2 is 1.70 bits per heavy atom. The van der Waals surface area contributed by atoms with Gasteiger partial charge in [0.25, 0.3) is 0 Å². The Morgan fingerprint density at radius 1 is 1.15 bits per heavy atom. The van der Waals surface area contributed by atoms with E-state index in [1.54, 1.807) is 7.11 Å². The number of nitrogens with two attached hydrogens (primary N) is 1. The first-order valence-electron chi connectivity index (χ1n) is 6.94. The first-order valence-corrected chi connectivity index (χ1v) is 6.94. The fraction of sp³-hybridized carbons (Fsp3) is 0.600. The van der Waals surface area contributed by atoms with Gasteiger partial charge in [-0.2, -0.15) is 0 Å². The molecule has 1 heterocycles. The maximum absolute atomic E-state index is 6.34. The summed E-state index contributed by atoms with van der Waals surface area (Å²) >= 11 is 0. The molecule has 20 heavy (non-hydrogen) atoms. The van der Waals surface area contributed by atoms with Crippen LogP contribution in [-0.2, 0) is 9.31 Å². The Balaban J connectivity index is 2.23. The van der Waals surface area contributed by atoms with Crippen LogP contribution in [-0.4, -0.2) is 25.4 Å². The molecule has 0 aromatic heterocycles. The van der Waals surface area contributed by atoms with Crippen LogP contribution in [0.25, 0.3) is 0 Å². The molecule has 2 rings (SSSR count). The van der Waals surface area contributed by atoms with E-state index in [4.69, 9.17) is 19.8 Å². The summed E-state index contributed by atoms with van der Waals surface area (Å²) in [5, 5.41) is 0. The number of hydrogen-bond acceptors (Lipinski definition) is 4. The Bertz CT molecular complexity index is 486. The summed E-state index contributed by atoms with van der Waals surface area (Å²) in [4.78, 5) is 0. The van der Waals surface area contributed by atoms with E-state index in [0.717, 1.165) is 16.9 Å². The van der Waals surface area contributed by atoms with Crippen molar-refractivity contribution in [2.24, 2.45) is 5.73 Å². The minimum absolute atomic E-state index is 0.318. The van der Waals surface area contributed by atoms with Crippen LogP contribution in [0.2, 0.25) is 0 Å². The lowest BCUT2D eigenvalue weighted by Crippen LogP contribution is -2.41. The van der Waals surface area contributed by atoms with Gasteiger partial charge >= 0.3 is 7.12 Å². The van der Waals surface area contributed by atoms with Crippen LogP contribution in [0.3, 0.4) is 0 Å². The van der Waals surface area contributed by atoms with E-state index in [1.807, 2.05) is 52.8 Å². The largest absolute Gasteiger partial charge is 0.497 e. The van der Waals surface area contributed by atoms with Crippen molar-refractivity contribution >= 4 is 7.12 Å². The zero-order valence-corrected chi connectivity index (χ0v) is 13.2. The van der Waals surface area contributed by atoms with Gasteiger partial charge in [0, 0.05) is 0 Å². The number of aryl methyl sites for hydroxylation is 1. The minimum Gasteiger partial charge on any atom is -0.497 e. The average molecular weight is 277 g/mol. The summed E-state index contributed by atoms with van der Waals surface area (Å²) in [6.45, 7) is 10.1. The van der Waals surface area contributed by atoms with Crippen LogP contribution in [0.15, 0.2) is 18.2 Å². The summed E-state index contributed by atoms with van der Waals surface area (Å²) in [5.74, 6) is 0.509. The fourth-order valence-corrected chi connectivity index (χ4v) is 2.33. The van der Waals surface area contributed by atoms with E-state index in [9.17, 15) is 0 Å². The van der Waals surface area contributed by atoms with Crippen LogP contribution >= 0.6 is 0 Å². The molecule has 1 fully saturated rings. The van der Waals surface area contributed by atoms with Gasteiger partial charge in [-0.15, -0.1) is 0 Å². The van der Waals surface area contributed by atoms with Gasteiger partial charge in [0.15, 0.2) is 0 Å². The Kier molecular flexibility index (Phi) is 3.89. The number of ether oxygens (including phenoxy) is 1. The van der Waals surface area contributed by atoms with Crippen LogP contribution in [0.1, 0.15) is 44.8 Å². The van der Waals surface area contributed by atoms with Crippen molar-refractivity contribution in [3.8, 4) is 5.75 Å². The van der Waals surface area contributed by atoms with E-state index in [0.29, 0.717) is 0 Å². The van der Waals surface area contributed by atoms with E-state index >= 15 is 0 Å². The number of rotatable bonds is 3. The molecule has 4 nitrogen and oxygen atoms in total. The van der Waals surface area contributed by atoms with Crippen molar-refractivity contribution in [1.82, 2.24) is 0 Å². The molecule has 1 aromatic carbocycles. The second-order valence-corrected chi connectivity index (χ2v) is 6.37.